The number of benzene rings is 1. The summed E-state index contributed by atoms with van der Waals surface area (Å²) in [6.07, 6.45) is 2.45. The van der Waals surface area contributed by atoms with Gasteiger partial charge in [0.25, 0.3) is 0 Å². The lowest BCUT2D eigenvalue weighted by atomic mass is 10.00. The van der Waals surface area contributed by atoms with Crippen LogP contribution in [0.25, 0.3) is 0 Å². The smallest absolute Gasteiger partial charge is 0.165 e. The molecule has 1 aliphatic heterocycles. The Balaban J connectivity index is 2.03. The second-order valence-corrected chi connectivity index (χ2v) is 5.15. The van der Waals surface area contributed by atoms with Crippen molar-refractivity contribution in [3.05, 3.63) is 34.9 Å². The largest absolute Gasteiger partial charge is 0.367 e. The normalized spacial score (nSPS) is 23.9. The Morgan fingerprint density at radius 1 is 1.24 bits per heavy atom. The third kappa shape index (κ3) is 3.16. The number of ether oxygens (including phenoxy) is 1. The first-order valence-corrected chi connectivity index (χ1v) is 6.30. The molecule has 0 aromatic heterocycles. The predicted molar refractivity (Wildman–Crippen MR) is 68.2 cm³/mol. The van der Waals surface area contributed by atoms with Crippen LogP contribution in [0.1, 0.15) is 36.5 Å². The van der Waals surface area contributed by atoms with Crippen LogP contribution >= 0.6 is 0 Å². The van der Waals surface area contributed by atoms with E-state index in [-0.39, 0.29) is 18.0 Å². The average molecular weight is 232 g/mol. The topological polar surface area (TPSA) is 26.3 Å². The summed E-state index contributed by atoms with van der Waals surface area (Å²) in [6.45, 7) is 6.16. The number of aryl methyl sites for hydroxylation is 2. The second-order valence-electron chi connectivity index (χ2n) is 5.15. The van der Waals surface area contributed by atoms with E-state index in [2.05, 4.69) is 32.0 Å². The van der Waals surface area contributed by atoms with Crippen LogP contribution in [0.4, 0.5) is 0 Å². The van der Waals surface area contributed by atoms with Crippen LogP contribution in [0.15, 0.2) is 18.2 Å². The number of hydrogen-bond donors (Lipinski definition) is 0. The first kappa shape index (κ1) is 12.3. The van der Waals surface area contributed by atoms with Crippen LogP contribution in [0, 0.1) is 13.8 Å². The van der Waals surface area contributed by atoms with Gasteiger partial charge in [0, 0.05) is 6.42 Å². The van der Waals surface area contributed by atoms with Gasteiger partial charge in [0.1, 0.15) is 6.10 Å². The van der Waals surface area contributed by atoms with E-state index in [1.165, 1.54) is 11.1 Å². The van der Waals surface area contributed by atoms with Crippen LogP contribution < -0.4 is 0 Å². The molecule has 0 saturated carbocycles. The zero-order chi connectivity index (χ0) is 12.4. The molecule has 2 unspecified atom stereocenters. The maximum absolute atomic E-state index is 12.1. The van der Waals surface area contributed by atoms with E-state index < -0.39 is 0 Å². The molecule has 1 fully saturated rings. The van der Waals surface area contributed by atoms with Crippen molar-refractivity contribution in [2.24, 2.45) is 0 Å². The minimum Gasteiger partial charge on any atom is -0.367 e. The van der Waals surface area contributed by atoms with Crippen LogP contribution in [-0.2, 0) is 16.0 Å². The van der Waals surface area contributed by atoms with Gasteiger partial charge in [-0.25, -0.2) is 0 Å². The molecule has 17 heavy (non-hydrogen) atoms. The Hall–Kier alpha value is -1.15. The summed E-state index contributed by atoms with van der Waals surface area (Å²) < 4.78 is 5.61. The highest BCUT2D eigenvalue weighted by Crippen LogP contribution is 2.21. The highest BCUT2D eigenvalue weighted by Gasteiger charge is 2.27. The molecule has 1 heterocycles. The lowest BCUT2D eigenvalue weighted by Crippen LogP contribution is -2.22. The highest BCUT2D eigenvalue weighted by molar-refractivity contribution is 5.85. The van der Waals surface area contributed by atoms with Crippen molar-refractivity contribution in [3.8, 4) is 0 Å². The number of Topliss-reactive ketones (excluding diaryl/α,β-unsaturated/α-hetero) is 1. The van der Waals surface area contributed by atoms with Gasteiger partial charge in [-0.2, -0.15) is 0 Å². The van der Waals surface area contributed by atoms with Crippen molar-refractivity contribution < 1.29 is 9.53 Å². The molecule has 2 rings (SSSR count). The van der Waals surface area contributed by atoms with Crippen LogP contribution in [0.2, 0.25) is 0 Å². The van der Waals surface area contributed by atoms with Gasteiger partial charge in [-0.1, -0.05) is 29.3 Å². The number of rotatable bonds is 3. The zero-order valence-corrected chi connectivity index (χ0v) is 10.8. The first-order chi connectivity index (χ1) is 8.04. The summed E-state index contributed by atoms with van der Waals surface area (Å²) in [5, 5.41) is 0. The van der Waals surface area contributed by atoms with Gasteiger partial charge in [-0.05, 0) is 39.2 Å². The van der Waals surface area contributed by atoms with E-state index in [1.54, 1.807) is 0 Å². The maximum Gasteiger partial charge on any atom is 0.165 e. The molecule has 1 aromatic rings. The van der Waals surface area contributed by atoms with E-state index in [0.717, 1.165) is 18.4 Å². The predicted octanol–water partition coefficient (Wildman–Crippen LogP) is 2.98. The van der Waals surface area contributed by atoms with Gasteiger partial charge >= 0.3 is 0 Å². The Labute approximate surface area is 103 Å². The second kappa shape index (κ2) is 5.01. The van der Waals surface area contributed by atoms with E-state index in [4.69, 9.17) is 4.74 Å². The molecule has 0 aliphatic carbocycles. The molecular weight excluding hydrogens is 212 g/mol. The van der Waals surface area contributed by atoms with Gasteiger partial charge < -0.3 is 4.74 Å². The van der Waals surface area contributed by atoms with Gasteiger partial charge in [0.05, 0.1) is 6.10 Å². The molecule has 0 amide bonds. The summed E-state index contributed by atoms with van der Waals surface area (Å²) in [7, 11) is 0. The van der Waals surface area contributed by atoms with Crippen molar-refractivity contribution in [3.63, 3.8) is 0 Å². The van der Waals surface area contributed by atoms with Crippen molar-refractivity contribution >= 4 is 5.78 Å². The van der Waals surface area contributed by atoms with E-state index in [0.29, 0.717) is 6.42 Å². The molecule has 1 aliphatic rings. The van der Waals surface area contributed by atoms with Crippen molar-refractivity contribution in [1.82, 2.24) is 0 Å². The van der Waals surface area contributed by atoms with Gasteiger partial charge in [-0.3, -0.25) is 4.79 Å². The summed E-state index contributed by atoms with van der Waals surface area (Å²) in [4.78, 5) is 12.1. The van der Waals surface area contributed by atoms with E-state index in [1.807, 2.05) is 6.92 Å². The quantitative estimate of drug-likeness (QED) is 0.801. The molecule has 2 nitrogen and oxygen atoms in total. The number of ketones is 1. The zero-order valence-electron chi connectivity index (χ0n) is 10.8. The summed E-state index contributed by atoms with van der Waals surface area (Å²) in [5.74, 6) is 0.222. The average Bonchev–Trinajstić information content (AvgIpc) is 2.63. The van der Waals surface area contributed by atoms with Gasteiger partial charge in [-0.15, -0.1) is 0 Å². The lowest BCUT2D eigenvalue weighted by Gasteiger charge is -2.10. The van der Waals surface area contributed by atoms with Gasteiger partial charge in [0.15, 0.2) is 5.78 Å². The molecule has 0 bridgehead atoms. The number of carbonyl (C=O) groups is 1. The molecule has 0 spiro atoms. The molecule has 1 saturated heterocycles. The van der Waals surface area contributed by atoms with E-state index in [9.17, 15) is 4.79 Å². The Kier molecular flexibility index (Phi) is 3.63. The fourth-order valence-electron chi connectivity index (χ4n) is 2.53. The van der Waals surface area contributed by atoms with E-state index >= 15 is 0 Å². The maximum atomic E-state index is 12.1. The Morgan fingerprint density at radius 3 is 2.41 bits per heavy atom. The Morgan fingerprint density at radius 2 is 1.88 bits per heavy atom. The minimum absolute atomic E-state index is 0.175. The van der Waals surface area contributed by atoms with Crippen molar-refractivity contribution in [2.75, 3.05) is 0 Å². The standard InChI is InChI=1S/C15H20O2/c1-10-6-11(2)8-13(7-10)9-14(16)15-5-4-12(3)17-15/h6-8,12,15H,4-5,9H2,1-3H3. The SMILES string of the molecule is Cc1cc(C)cc(CC(=O)C2CCC(C)O2)c1. The van der Waals surface area contributed by atoms with Gasteiger partial charge in [0.2, 0.25) is 0 Å². The third-order valence-corrected chi connectivity index (χ3v) is 3.25. The molecule has 2 atom stereocenters. The summed E-state index contributed by atoms with van der Waals surface area (Å²) >= 11 is 0. The minimum atomic E-state index is -0.175. The summed E-state index contributed by atoms with van der Waals surface area (Å²) in [5.41, 5.74) is 3.54. The molecule has 0 radical (unpaired) electrons. The third-order valence-electron chi connectivity index (χ3n) is 3.25. The fraction of sp³-hybridized carbons (Fsp3) is 0.533. The molecule has 1 aromatic carbocycles. The van der Waals surface area contributed by atoms with Crippen LogP contribution in [-0.4, -0.2) is 18.0 Å². The molecule has 2 heteroatoms. The number of hydrogen-bond acceptors (Lipinski definition) is 2. The van der Waals surface area contributed by atoms with Crippen LogP contribution in [0.3, 0.4) is 0 Å². The summed E-state index contributed by atoms with van der Waals surface area (Å²) in [6, 6.07) is 6.30. The fourth-order valence-corrected chi connectivity index (χ4v) is 2.53. The molecular formula is C15H20O2. The van der Waals surface area contributed by atoms with Crippen LogP contribution in [0.5, 0.6) is 0 Å². The Bertz CT molecular complexity index is 403. The highest BCUT2D eigenvalue weighted by atomic mass is 16.5. The van der Waals surface area contributed by atoms with Crippen molar-refractivity contribution in [1.29, 1.82) is 0 Å². The number of carbonyl (C=O) groups excluding carboxylic acids is 1. The molecule has 0 N–H and O–H groups in total. The lowest BCUT2D eigenvalue weighted by molar-refractivity contribution is -0.128. The molecule has 92 valence electrons. The van der Waals surface area contributed by atoms with Crippen molar-refractivity contribution in [2.45, 2.75) is 52.2 Å². The first-order valence-electron chi connectivity index (χ1n) is 6.30. The monoisotopic (exact) mass is 232 g/mol.